The number of aromatic nitrogens is 2. The van der Waals surface area contributed by atoms with E-state index in [2.05, 4.69) is 37.5 Å². The molecule has 0 N–H and O–H groups in total. The lowest BCUT2D eigenvalue weighted by atomic mass is 9.92. The van der Waals surface area contributed by atoms with Gasteiger partial charge in [0.1, 0.15) is 11.6 Å². The van der Waals surface area contributed by atoms with Crippen LogP contribution in [0.1, 0.15) is 25.3 Å². The fraction of sp³-hybridized carbons (Fsp3) is 0.233. The smallest absolute Gasteiger partial charge is 0.246 e. The maximum Gasteiger partial charge on any atom is 0.246 e. The highest BCUT2D eigenvalue weighted by atomic mass is 35.5. The molecule has 0 unspecified atom stereocenters. The molecule has 4 aromatic rings. The number of carbonyl (C=O) groups excluding carboxylic acids is 1. The Morgan fingerprint density at radius 1 is 1.03 bits per heavy atom. The zero-order chi connectivity index (χ0) is 26.1. The molecular formula is C30H28ClFN4O. The summed E-state index contributed by atoms with van der Waals surface area (Å²) in [5, 5.41) is 1.15. The number of fused-ring (bicyclic) bond motifs is 1. The molecule has 5 nitrogen and oxygen atoms in total. The van der Waals surface area contributed by atoms with Crippen molar-refractivity contribution in [2.24, 2.45) is 0 Å². The van der Waals surface area contributed by atoms with E-state index in [9.17, 15) is 9.18 Å². The van der Waals surface area contributed by atoms with Gasteiger partial charge in [-0.2, -0.15) is 0 Å². The predicted octanol–water partition coefficient (Wildman–Crippen LogP) is 6.71. The number of anilines is 1. The van der Waals surface area contributed by atoms with Gasteiger partial charge in [0.15, 0.2) is 0 Å². The van der Waals surface area contributed by atoms with Crippen LogP contribution in [0, 0.1) is 5.82 Å². The van der Waals surface area contributed by atoms with Gasteiger partial charge < -0.3 is 9.80 Å². The summed E-state index contributed by atoms with van der Waals surface area (Å²) in [4.78, 5) is 25.9. The second-order valence-electron chi connectivity index (χ2n) is 9.45. The first kappa shape index (κ1) is 24.9. The fourth-order valence-electron chi connectivity index (χ4n) is 4.93. The maximum atomic E-state index is 14.8. The van der Waals surface area contributed by atoms with Crippen molar-refractivity contribution in [2.75, 3.05) is 31.1 Å². The molecule has 0 bridgehead atoms. The summed E-state index contributed by atoms with van der Waals surface area (Å²) < 4.78 is 14.8. The van der Waals surface area contributed by atoms with Gasteiger partial charge in [-0.15, -0.1) is 0 Å². The summed E-state index contributed by atoms with van der Waals surface area (Å²) in [5.74, 6) is 0.593. The van der Waals surface area contributed by atoms with Crippen LogP contribution in [0.5, 0.6) is 0 Å². The highest BCUT2D eigenvalue weighted by Crippen LogP contribution is 2.40. The molecule has 0 aliphatic carbocycles. The van der Waals surface area contributed by atoms with Crippen molar-refractivity contribution in [1.29, 1.82) is 0 Å². The maximum absolute atomic E-state index is 14.8. The van der Waals surface area contributed by atoms with Gasteiger partial charge in [-0.1, -0.05) is 68.4 Å². The summed E-state index contributed by atoms with van der Waals surface area (Å²) in [5.41, 5.74) is 4.56. The van der Waals surface area contributed by atoms with Crippen LogP contribution in [0.4, 0.5) is 10.2 Å². The Kier molecular flexibility index (Phi) is 6.94. The first-order valence-electron chi connectivity index (χ1n) is 12.4. The van der Waals surface area contributed by atoms with E-state index in [1.54, 1.807) is 23.1 Å². The van der Waals surface area contributed by atoms with Gasteiger partial charge in [0.05, 0.1) is 16.2 Å². The first-order chi connectivity index (χ1) is 17.9. The molecule has 2 aromatic heterocycles. The minimum Gasteiger partial charge on any atom is -0.353 e. The van der Waals surface area contributed by atoms with Crippen LogP contribution in [0.15, 0.2) is 73.4 Å². The van der Waals surface area contributed by atoms with E-state index in [4.69, 9.17) is 21.6 Å². The molecule has 1 amide bonds. The second-order valence-corrected chi connectivity index (χ2v) is 9.86. The number of pyridine rings is 2. The average molecular weight is 515 g/mol. The average Bonchev–Trinajstić information content (AvgIpc) is 2.92. The molecule has 0 radical (unpaired) electrons. The topological polar surface area (TPSA) is 49.3 Å². The highest BCUT2D eigenvalue weighted by molar-refractivity contribution is 6.34. The number of rotatable bonds is 5. The molecule has 0 atom stereocenters. The Hall–Kier alpha value is -3.77. The highest BCUT2D eigenvalue weighted by Gasteiger charge is 2.25. The number of nitrogens with zero attached hydrogens (tertiary/aromatic N) is 4. The van der Waals surface area contributed by atoms with Crippen LogP contribution in [-0.2, 0) is 4.79 Å². The minimum absolute atomic E-state index is 0.0719. The monoisotopic (exact) mass is 514 g/mol. The molecule has 1 fully saturated rings. The zero-order valence-corrected chi connectivity index (χ0v) is 21.7. The molecule has 1 aliphatic rings. The lowest BCUT2D eigenvalue weighted by Crippen LogP contribution is -2.48. The van der Waals surface area contributed by atoms with Gasteiger partial charge >= 0.3 is 0 Å². The molecule has 3 heterocycles. The van der Waals surface area contributed by atoms with E-state index >= 15 is 0 Å². The Balaban J connectivity index is 1.70. The van der Waals surface area contributed by atoms with E-state index in [0.717, 1.165) is 22.3 Å². The molecular weight excluding hydrogens is 487 g/mol. The van der Waals surface area contributed by atoms with Crippen molar-refractivity contribution < 1.29 is 9.18 Å². The number of carbonyl (C=O) groups is 1. The molecule has 0 spiro atoms. The Morgan fingerprint density at radius 2 is 1.70 bits per heavy atom. The van der Waals surface area contributed by atoms with Crippen molar-refractivity contribution >= 4 is 34.2 Å². The van der Waals surface area contributed by atoms with Crippen LogP contribution in [0.25, 0.3) is 33.3 Å². The fourth-order valence-corrected chi connectivity index (χ4v) is 5.18. The summed E-state index contributed by atoms with van der Waals surface area (Å²) >= 11 is 6.74. The number of halogens is 2. The van der Waals surface area contributed by atoms with E-state index in [-0.39, 0.29) is 11.7 Å². The van der Waals surface area contributed by atoms with Gasteiger partial charge in [-0.05, 0) is 41.3 Å². The summed E-state index contributed by atoms with van der Waals surface area (Å²) in [6, 6.07) is 16.6. The number of piperazine rings is 1. The molecule has 5 rings (SSSR count). The summed E-state index contributed by atoms with van der Waals surface area (Å²) in [6.07, 6.45) is 3.20. The molecule has 2 aromatic carbocycles. The van der Waals surface area contributed by atoms with Gasteiger partial charge in [-0.3, -0.25) is 4.79 Å². The number of amides is 1. The number of hydrogen-bond donors (Lipinski definition) is 0. The van der Waals surface area contributed by atoms with E-state index < -0.39 is 0 Å². The second kappa shape index (κ2) is 10.3. The Morgan fingerprint density at radius 3 is 2.38 bits per heavy atom. The van der Waals surface area contributed by atoms with Gasteiger partial charge in [0.2, 0.25) is 5.91 Å². The lowest BCUT2D eigenvalue weighted by molar-refractivity contribution is -0.126. The Bertz CT molecular complexity index is 1490. The van der Waals surface area contributed by atoms with Gasteiger partial charge in [0.25, 0.3) is 0 Å². The normalized spacial score (nSPS) is 13.9. The van der Waals surface area contributed by atoms with Crippen LogP contribution >= 0.6 is 11.6 Å². The summed E-state index contributed by atoms with van der Waals surface area (Å²) in [6.45, 7) is 10.3. The van der Waals surface area contributed by atoms with Crippen LogP contribution in [0.2, 0.25) is 5.02 Å². The standard InChI is InChI=1S/C30H28ClFN4O/c1-4-27(37)35-13-15-36(16-14-35)30-23-17-25(31)29(22-11-7-8-12-26(22)32)34-28(23)24(18-33-30)21-10-6-5-9-20(21)19(2)3/h4-12,17-19H,1,13-16H2,2-3H3. The molecule has 1 saturated heterocycles. The van der Waals surface area contributed by atoms with Crippen molar-refractivity contribution in [1.82, 2.24) is 14.9 Å². The predicted molar refractivity (Wildman–Crippen MR) is 148 cm³/mol. The third kappa shape index (κ3) is 4.69. The van der Waals surface area contributed by atoms with Crippen molar-refractivity contribution in [2.45, 2.75) is 19.8 Å². The SMILES string of the molecule is C=CC(=O)N1CCN(c2ncc(-c3ccccc3C(C)C)c3nc(-c4ccccc4F)c(Cl)cc23)CC1. The lowest BCUT2D eigenvalue weighted by Gasteiger charge is -2.35. The number of benzene rings is 2. The number of hydrogen-bond acceptors (Lipinski definition) is 4. The molecule has 7 heteroatoms. The van der Waals surface area contributed by atoms with Crippen LogP contribution in [0.3, 0.4) is 0 Å². The quantitative estimate of drug-likeness (QED) is 0.277. The van der Waals surface area contributed by atoms with Crippen LogP contribution < -0.4 is 4.90 Å². The van der Waals surface area contributed by atoms with Gasteiger partial charge in [0, 0.05) is 48.9 Å². The van der Waals surface area contributed by atoms with E-state index in [0.29, 0.717) is 53.9 Å². The third-order valence-electron chi connectivity index (χ3n) is 6.86. The van der Waals surface area contributed by atoms with Crippen molar-refractivity contribution in [3.8, 4) is 22.4 Å². The van der Waals surface area contributed by atoms with E-state index in [1.165, 1.54) is 17.7 Å². The zero-order valence-electron chi connectivity index (χ0n) is 20.9. The molecule has 37 heavy (non-hydrogen) atoms. The molecule has 1 aliphatic heterocycles. The van der Waals surface area contributed by atoms with Gasteiger partial charge in [-0.25, -0.2) is 14.4 Å². The minimum atomic E-state index is -0.377. The van der Waals surface area contributed by atoms with Crippen molar-refractivity contribution in [3.63, 3.8) is 0 Å². The van der Waals surface area contributed by atoms with E-state index in [1.807, 2.05) is 24.4 Å². The molecule has 188 valence electrons. The summed E-state index contributed by atoms with van der Waals surface area (Å²) in [7, 11) is 0. The van der Waals surface area contributed by atoms with Crippen LogP contribution in [-0.4, -0.2) is 47.0 Å². The molecule has 0 saturated carbocycles. The third-order valence-corrected chi connectivity index (χ3v) is 7.14. The first-order valence-corrected chi connectivity index (χ1v) is 12.8. The largest absolute Gasteiger partial charge is 0.353 e. The Labute approximate surface area is 221 Å². The van der Waals surface area contributed by atoms with Crippen molar-refractivity contribution in [3.05, 3.63) is 89.9 Å².